The Morgan fingerprint density at radius 1 is 1.21 bits per heavy atom. The van der Waals surface area contributed by atoms with Crippen molar-refractivity contribution in [1.82, 2.24) is 15.1 Å². The van der Waals surface area contributed by atoms with Gasteiger partial charge in [-0.1, -0.05) is 0 Å². The molecule has 0 aromatic carbocycles. The number of hydrogen-bond acceptors (Lipinski definition) is 2. The Morgan fingerprint density at radius 2 is 2.00 bits per heavy atom. The quantitative estimate of drug-likeness (QED) is 0.645. The highest BCUT2D eigenvalue weighted by Gasteiger charge is 2.24. The van der Waals surface area contributed by atoms with Gasteiger partial charge < -0.3 is 15.1 Å². The molecule has 1 N–H and O–H groups in total. The first-order valence-electron chi connectivity index (χ1n) is 5.50. The lowest BCUT2D eigenvalue weighted by molar-refractivity contribution is 0.345. The molecule has 1 saturated heterocycles. The largest absolute Gasteiger partial charge is 0.360 e. The fraction of sp³-hybridized carbons (Fsp3) is 0.900. The molecule has 2 aliphatic rings. The van der Waals surface area contributed by atoms with Gasteiger partial charge in [-0.15, -0.1) is 0 Å². The number of likely N-dealkylation sites (N-methyl/N-ethyl adjacent to an activating group) is 1. The smallest absolute Gasteiger partial charge is 0.169 e. The summed E-state index contributed by atoms with van der Waals surface area (Å²) in [6, 6.07) is 0.684. The molecule has 1 aliphatic heterocycles. The number of hydrogen-bond donors (Lipinski definition) is 1. The second-order valence-corrected chi connectivity index (χ2v) is 4.75. The molecule has 0 aromatic heterocycles. The molecule has 14 heavy (non-hydrogen) atoms. The average molecular weight is 213 g/mol. The lowest BCUT2D eigenvalue weighted by atomic mass is 10.4. The van der Waals surface area contributed by atoms with Crippen LogP contribution in [0.1, 0.15) is 19.3 Å². The first kappa shape index (κ1) is 10.2. The molecule has 3 nitrogen and oxygen atoms in total. The maximum atomic E-state index is 5.39. The Morgan fingerprint density at radius 3 is 2.71 bits per heavy atom. The molecule has 0 atom stereocenters. The third-order valence-electron chi connectivity index (χ3n) is 2.91. The summed E-state index contributed by atoms with van der Waals surface area (Å²) in [7, 11) is 2.18. The fourth-order valence-electron chi connectivity index (χ4n) is 1.74. The fourth-order valence-corrected chi connectivity index (χ4v) is 2.09. The van der Waals surface area contributed by atoms with E-state index >= 15 is 0 Å². The first-order chi connectivity index (χ1) is 6.75. The van der Waals surface area contributed by atoms with Gasteiger partial charge in [-0.2, -0.15) is 0 Å². The predicted octanol–water partition coefficient (Wildman–Crippen LogP) is 0.661. The number of nitrogens with zero attached hydrogens (tertiary/aromatic N) is 2. The molecule has 2 fully saturated rings. The van der Waals surface area contributed by atoms with Crippen molar-refractivity contribution >= 4 is 17.3 Å². The van der Waals surface area contributed by atoms with Gasteiger partial charge in [0, 0.05) is 25.7 Å². The number of thiocarbonyl (C=S) groups is 1. The van der Waals surface area contributed by atoms with Gasteiger partial charge in [0.1, 0.15) is 0 Å². The Labute approximate surface area is 91.4 Å². The van der Waals surface area contributed by atoms with Crippen LogP contribution < -0.4 is 5.32 Å². The number of rotatable bonds is 1. The molecule has 0 aromatic rings. The van der Waals surface area contributed by atoms with Crippen LogP contribution in [0.4, 0.5) is 0 Å². The first-order valence-corrected chi connectivity index (χ1v) is 5.90. The Hall–Kier alpha value is -0.350. The van der Waals surface area contributed by atoms with Crippen LogP contribution in [0.5, 0.6) is 0 Å². The van der Waals surface area contributed by atoms with Gasteiger partial charge in [0.2, 0.25) is 0 Å². The minimum absolute atomic E-state index is 0.684. The Kier molecular flexibility index (Phi) is 3.23. The van der Waals surface area contributed by atoms with Crippen LogP contribution >= 0.6 is 12.2 Å². The summed E-state index contributed by atoms with van der Waals surface area (Å²) in [6.45, 7) is 4.52. The third kappa shape index (κ3) is 2.82. The van der Waals surface area contributed by atoms with E-state index in [1.54, 1.807) is 0 Å². The lowest BCUT2D eigenvalue weighted by Crippen LogP contribution is -2.42. The van der Waals surface area contributed by atoms with Crippen LogP contribution in [0.15, 0.2) is 0 Å². The molecular weight excluding hydrogens is 194 g/mol. The van der Waals surface area contributed by atoms with Gasteiger partial charge in [0.05, 0.1) is 0 Å². The maximum Gasteiger partial charge on any atom is 0.169 e. The Bertz CT molecular complexity index is 215. The average Bonchev–Trinajstić information content (AvgIpc) is 2.93. The monoisotopic (exact) mass is 213 g/mol. The van der Waals surface area contributed by atoms with Crippen LogP contribution in [-0.4, -0.2) is 54.2 Å². The zero-order valence-electron chi connectivity index (χ0n) is 8.83. The van der Waals surface area contributed by atoms with Crippen molar-refractivity contribution in [2.24, 2.45) is 0 Å². The summed E-state index contributed by atoms with van der Waals surface area (Å²) in [5, 5.41) is 4.38. The van der Waals surface area contributed by atoms with E-state index in [1.165, 1.54) is 25.8 Å². The zero-order valence-corrected chi connectivity index (χ0v) is 9.65. The highest BCUT2D eigenvalue weighted by atomic mass is 32.1. The highest BCUT2D eigenvalue weighted by Crippen LogP contribution is 2.19. The summed E-state index contributed by atoms with van der Waals surface area (Å²) in [6.07, 6.45) is 3.82. The van der Waals surface area contributed by atoms with Crippen molar-refractivity contribution < 1.29 is 0 Å². The van der Waals surface area contributed by atoms with E-state index < -0.39 is 0 Å². The normalized spacial score (nSPS) is 24.5. The molecule has 0 radical (unpaired) electrons. The van der Waals surface area contributed by atoms with Gasteiger partial charge in [-0.3, -0.25) is 0 Å². The lowest BCUT2D eigenvalue weighted by Gasteiger charge is -2.23. The summed E-state index contributed by atoms with van der Waals surface area (Å²) < 4.78 is 0. The van der Waals surface area contributed by atoms with Crippen LogP contribution in [0, 0.1) is 0 Å². The van der Waals surface area contributed by atoms with Crippen molar-refractivity contribution in [1.29, 1.82) is 0 Å². The summed E-state index contributed by atoms with van der Waals surface area (Å²) in [5.74, 6) is 0. The summed E-state index contributed by atoms with van der Waals surface area (Å²) in [5.41, 5.74) is 0. The van der Waals surface area contributed by atoms with Crippen LogP contribution in [0.2, 0.25) is 0 Å². The van der Waals surface area contributed by atoms with Crippen LogP contribution in [0.3, 0.4) is 0 Å². The van der Waals surface area contributed by atoms with E-state index in [2.05, 4.69) is 22.2 Å². The molecule has 4 heteroatoms. The van der Waals surface area contributed by atoms with Crippen molar-refractivity contribution in [3.8, 4) is 0 Å². The van der Waals surface area contributed by atoms with Crippen molar-refractivity contribution in [3.05, 3.63) is 0 Å². The minimum Gasteiger partial charge on any atom is -0.360 e. The SMILES string of the molecule is CN1CCCN(C(=S)NC2CC2)CC1. The second kappa shape index (κ2) is 4.45. The van der Waals surface area contributed by atoms with E-state index in [0.717, 1.165) is 24.7 Å². The molecule has 0 spiro atoms. The van der Waals surface area contributed by atoms with E-state index in [-0.39, 0.29) is 0 Å². The zero-order chi connectivity index (χ0) is 9.97. The molecule has 0 bridgehead atoms. The molecule has 1 aliphatic carbocycles. The van der Waals surface area contributed by atoms with Crippen molar-refractivity contribution in [3.63, 3.8) is 0 Å². The molecular formula is C10H19N3S. The molecule has 0 unspecified atom stereocenters. The molecule has 2 rings (SSSR count). The molecule has 80 valence electrons. The van der Waals surface area contributed by atoms with Crippen LogP contribution in [-0.2, 0) is 0 Å². The molecule has 1 saturated carbocycles. The highest BCUT2D eigenvalue weighted by molar-refractivity contribution is 7.80. The number of nitrogens with one attached hydrogen (secondary N) is 1. The van der Waals surface area contributed by atoms with Gasteiger partial charge in [0.25, 0.3) is 0 Å². The topological polar surface area (TPSA) is 18.5 Å². The van der Waals surface area contributed by atoms with Gasteiger partial charge in [-0.05, 0) is 45.1 Å². The molecule has 1 heterocycles. The van der Waals surface area contributed by atoms with Crippen molar-refractivity contribution in [2.75, 3.05) is 33.2 Å². The maximum absolute atomic E-state index is 5.39. The van der Waals surface area contributed by atoms with E-state index in [0.29, 0.717) is 6.04 Å². The molecule has 0 amide bonds. The second-order valence-electron chi connectivity index (χ2n) is 4.37. The van der Waals surface area contributed by atoms with Gasteiger partial charge >= 0.3 is 0 Å². The van der Waals surface area contributed by atoms with Crippen LogP contribution in [0.25, 0.3) is 0 Å². The van der Waals surface area contributed by atoms with Crippen molar-refractivity contribution in [2.45, 2.75) is 25.3 Å². The summed E-state index contributed by atoms with van der Waals surface area (Å²) in [4.78, 5) is 4.69. The minimum atomic E-state index is 0.684. The Balaban J connectivity index is 1.79. The van der Waals surface area contributed by atoms with Gasteiger partial charge in [-0.25, -0.2) is 0 Å². The van der Waals surface area contributed by atoms with E-state index in [4.69, 9.17) is 12.2 Å². The van der Waals surface area contributed by atoms with E-state index in [1.807, 2.05) is 0 Å². The van der Waals surface area contributed by atoms with E-state index in [9.17, 15) is 0 Å². The third-order valence-corrected chi connectivity index (χ3v) is 3.29. The van der Waals surface area contributed by atoms with Gasteiger partial charge in [0.15, 0.2) is 5.11 Å². The summed E-state index contributed by atoms with van der Waals surface area (Å²) >= 11 is 5.39. The standard InChI is InChI=1S/C10H19N3S/c1-12-5-2-6-13(8-7-12)10(14)11-9-3-4-9/h9H,2-8H2,1H3,(H,11,14). The predicted molar refractivity (Wildman–Crippen MR) is 62.4 cm³/mol.